The zero-order chi connectivity index (χ0) is 13.9. The van der Waals surface area contributed by atoms with Crippen LogP contribution >= 0.6 is 0 Å². The molecule has 0 bridgehead atoms. The number of urea groups is 1. The summed E-state index contributed by atoms with van der Waals surface area (Å²) >= 11 is 0. The Morgan fingerprint density at radius 3 is 2.79 bits per heavy atom. The van der Waals surface area contributed by atoms with Gasteiger partial charge in [-0.2, -0.15) is 0 Å². The predicted octanol–water partition coefficient (Wildman–Crippen LogP) is 0.163. The van der Waals surface area contributed by atoms with Crippen molar-refractivity contribution in [2.45, 2.75) is 17.4 Å². The SMILES string of the molecule is NC(=O)NCCNC1CCS(=O)(=O)c2ccccc21. The zero-order valence-electron chi connectivity index (χ0n) is 10.4. The van der Waals surface area contributed by atoms with Gasteiger partial charge in [-0.05, 0) is 18.1 Å². The fraction of sp³-hybridized carbons (Fsp3) is 0.417. The molecular weight excluding hydrogens is 266 g/mol. The van der Waals surface area contributed by atoms with Gasteiger partial charge < -0.3 is 16.4 Å². The summed E-state index contributed by atoms with van der Waals surface area (Å²) < 4.78 is 23.9. The number of sulfone groups is 1. The minimum Gasteiger partial charge on any atom is -0.352 e. The van der Waals surface area contributed by atoms with E-state index in [0.29, 0.717) is 24.4 Å². The van der Waals surface area contributed by atoms with Crippen molar-refractivity contribution in [3.8, 4) is 0 Å². The highest BCUT2D eigenvalue weighted by Crippen LogP contribution is 2.31. The molecule has 1 aromatic rings. The molecule has 0 saturated carbocycles. The molecule has 0 aromatic heterocycles. The number of primary amides is 1. The third-order valence-corrected chi connectivity index (χ3v) is 4.93. The minimum atomic E-state index is -3.15. The predicted molar refractivity (Wildman–Crippen MR) is 71.4 cm³/mol. The van der Waals surface area contributed by atoms with Crippen LogP contribution in [0.5, 0.6) is 0 Å². The lowest BCUT2D eigenvalue weighted by atomic mass is 10.0. The van der Waals surface area contributed by atoms with Crippen LogP contribution in [-0.4, -0.2) is 33.3 Å². The van der Waals surface area contributed by atoms with E-state index in [-0.39, 0.29) is 11.8 Å². The van der Waals surface area contributed by atoms with Crippen molar-refractivity contribution in [2.24, 2.45) is 5.73 Å². The van der Waals surface area contributed by atoms with Crippen LogP contribution in [0, 0.1) is 0 Å². The molecule has 6 nitrogen and oxygen atoms in total. The first kappa shape index (κ1) is 13.8. The lowest BCUT2D eigenvalue weighted by Gasteiger charge is -2.26. The summed E-state index contributed by atoms with van der Waals surface area (Å²) in [5.74, 6) is 0.144. The molecule has 1 aliphatic rings. The Morgan fingerprint density at radius 1 is 1.32 bits per heavy atom. The van der Waals surface area contributed by atoms with E-state index in [9.17, 15) is 13.2 Å². The summed E-state index contributed by atoms with van der Waals surface area (Å²) in [5.41, 5.74) is 5.77. The molecule has 0 saturated heterocycles. The zero-order valence-corrected chi connectivity index (χ0v) is 11.2. The van der Waals surface area contributed by atoms with Gasteiger partial charge in [0, 0.05) is 19.1 Å². The maximum atomic E-state index is 11.9. The molecule has 0 aliphatic carbocycles. The molecule has 19 heavy (non-hydrogen) atoms. The van der Waals surface area contributed by atoms with E-state index in [4.69, 9.17) is 5.73 Å². The second-order valence-corrected chi connectivity index (χ2v) is 6.52. The first-order valence-corrected chi connectivity index (χ1v) is 7.74. The Kier molecular flexibility index (Phi) is 4.06. The van der Waals surface area contributed by atoms with Gasteiger partial charge >= 0.3 is 6.03 Å². The number of benzene rings is 1. The van der Waals surface area contributed by atoms with Crippen molar-refractivity contribution in [1.29, 1.82) is 0 Å². The molecule has 4 N–H and O–H groups in total. The number of nitrogens with two attached hydrogens (primary N) is 1. The molecule has 1 unspecified atom stereocenters. The van der Waals surface area contributed by atoms with E-state index >= 15 is 0 Å². The van der Waals surface area contributed by atoms with E-state index in [2.05, 4.69) is 10.6 Å². The molecule has 2 rings (SSSR count). The summed E-state index contributed by atoms with van der Waals surface area (Å²) in [5, 5.41) is 5.72. The van der Waals surface area contributed by atoms with Gasteiger partial charge in [0.05, 0.1) is 10.6 Å². The van der Waals surface area contributed by atoms with Gasteiger partial charge in [-0.25, -0.2) is 13.2 Å². The summed E-state index contributed by atoms with van der Waals surface area (Å²) in [7, 11) is -3.15. The van der Waals surface area contributed by atoms with Crippen molar-refractivity contribution in [1.82, 2.24) is 10.6 Å². The molecule has 1 aromatic carbocycles. The quantitative estimate of drug-likeness (QED) is 0.685. The fourth-order valence-corrected chi connectivity index (χ4v) is 3.86. The van der Waals surface area contributed by atoms with Crippen molar-refractivity contribution >= 4 is 15.9 Å². The van der Waals surface area contributed by atoms with Gasteiger partial charge in [0.1, 0.15) is 0 Å². The summed E-state index contributed by atoms with van der Waals surface area (Å²) in [4.78, 5) is 10.9. The fourth-order valence-electron chi connectivity index (χ4n) is 2.23. The van der Waals surface area contributed by atoms with Crippen molar-refractivity contribution in [2.75, 3.05) is 18.8 Å². The molecular formula is C12H17N3O3S. The van der Waals surface area contributed by atoms with Crippen LogP contribution in [0.1, 0.15) is 18.0 Å². The van der Waals surface area contributed by atoms with Crippen molar-refractivity contribution in [3.05, 3.63) is 29.8 Å². The van der Waals surface area contributed by atoms with E-state index in [1.807, 2.05) is 12.1 Å². The van der Waals surface area contributed by atoms with Crippen molar-refractivity contribution < 1.29 is 13.2 Å². The molecule has 7 heteroatoms. The molecule has 0 fully saturated rings. The van der Waals surface area contributed by atoms with Crippen LogP contribution in [0.2, 0.25) is 0 Å². The lowest BCUT2D eigenvalue weighted by Crippen LogP contribution is -2.38. The van der Waals surface area contributed by atoms with Gasteiger partial charge in [-0.1, -0.05) is 18.2 Å². The minimum absolute atomic E-state index is 0.00518. The Morgan fingerprint density at radius 2 is 2.05 bits per heavy atom. The first-order chi connectivity index (χ1) is 9.00. The summed E-state index contributed by atoms with van der Waals surface area (Å²) in [6.45, 7) is 0.961. The molecule has 104 valence electrons. The Hall–Kier alpha value is -1.60. The first-order valence-electron chi connectivity index (χ1n) is 6.09. The molecule has 1 heterocycles. The number of nitrogens with one attached hydrogen (secondary N) is 2. The average molecular weight is 283 g/mol. The van der Waals surface area contributed by atoms with E-state index in [0.717, 1.165) is 5.56 Å². The smallest absolute Gasteiger partial charge is 0.312 e. The monoisotopic (exact) mass is 283 g/mol. The third-order valence-electron chi connectivity index (χ3n) is 3.12. The molecule has 1 atom stereocenters. The van der Waals surface area contributed by atoms with Gasteiger partial charge in [0.25, 0.3) is 0 Å². The Bertz CT molecular complexity index is 571. The van der Waals surface area contributed by atoms with E-state index in [1.165, 1.54) is 0 Å². The Balaban J connectivity index is 2.06. The second kappa shape index (κ2) is 5.58. The highest BCUT2D eigenvalue weighted by molar-refractivity contribution is 7.91. The van der Waals surface area contributed by atoms with E-state index < -0.39 is 15.9 Å². The van der Waals surface area contributed by atoms with Crippen LogP contribution in [0.15, 0.2) is 29.2 Å². The normalized spacial score (nSPS) is 20.5. The largest absolute Gasteiger partial charge is 0.352 e. The van der Waals surface area contributed by atoms with Gasteiger partial charge in [-0.15, -0.1) is 0 Å². The number of hydrogen-bond donors (Lipinski definition) is 3. The van der Waals surface area contributed by atoms with Crippen LogP contribution in [0.4, 0.5) is 4.79 Å². The molecule has 0 spiro atoms. The van der Waals surface area contributed by atoms with Gasteiger partial charge in [0.15, 0.2) is 9.84 Å². The lowest BCUT2D eigenvalue weighted by molar-refractivity contribution is 0.248. The number of hydrogen-bond acceptors (Lipinski definition) is 4. The number of amides is 2. The van der Waals surface area contributed by atoms with Crippen LogP contribution in [0.25, 0.3) is 0 Å². The number of carbonyl (C=O) groups is 1. The molecule has 0 radical (unpaired) electrons. The molecule has 1 aliphatic heterocycles. The Labute approximate surface area is 112 Å². The summed E-state index contributed by atoms with van der Waals surface area (Å²) in [6.07, 6.45) is 0.538. The number of fused-ring (bicyclic) bond motifs is 1. The standard InChI is InChI=1S/C12H17N3O3S/c13-12(16)15-7-6-14-10-5-8-19(17,18)11-4-2-1-3-9(10)11/h1-4,10,14H,5-8H2,(H3,13,15,16). The average Bonchev–Trinajstić information content (AvgIpc) is 2.37. The van der Waals surface area contributed by atoms with Gasteiger partial charge in [-0.3, -0.25) is 0 Å². The maximum Gasteiger partial charge on any atom is 0.312 e. The van der Waals surface area contributed by atoms with E-state index in [1.54, 1.807) is 12.1 Å². The van der Waals surface area contributed by atoms with Gasteiger partial charge in [0.2, 0.25) is 0 Å². The van der Waals surface area contributed by atoms with Crippen LogP contribution in [0.3, 0.4) is 0 Å². The number of carbonyl (C=O) groups excluding carboxylic acids is 1. The second-order valence-electron chi connectivity index (χ2n) is 4.44. The summed E-state index contributed by atoms with van der Waals surface area (Å²) in [6, 6.07) is 6.46. The highest BCUT2D eigenvalue weighted by Gasteiger charge is 2.29. The van der Waals surface area contributed by atoms with Crippen LogP contribution < -0.4 is 16.4 Å². The number of rotatable bonds is 4. The highest BCUT2D eigenvalue weighted by atomic mass is 32.2. The van der Waals surface area contributed by atoms with Crippen molar-refractivity contribution in [3.63, 3.8) is 0 Å². The third kappa shape index (κ3) is 3.24. The van der Waals surface area contributed by atoms with Crippen LogP contribution in [-0.2, 0) is 9.84 Å². The topological polar surface area (TPSA) is 101 Å². The molecule has 2 amide bonds. The maximum absolute atomic E-state index is 11.9.